The summed E-state index contributed by atoms with van der Waals surface area (Å²) in [5, 5.41) is 1.32. The number of primary amides is 1. The maximum absolute atomic E-state index is 11.7. The summed E-state index contributed by atoms with van der Waals surface area (Å²) in [6.07, 6.45) is 9.75. The van der Waals surface area contributed by atoms with Gasteiger partial charge in [-0.05, 0) is 61.3 Å². The van der Waals surface area contributed by atoms with E-state index in [2.05, 4.69) is 23.2 Å². The zero-order valence-corrected chi connectivity index (χ0v) is 13.0. The van der Waals surface area contributed by atoms with Gasteiger partial charge in [0, 0.05) is 16.6 Å². The van der Waals surface area contributed by atoms with Crippen LogP contribution in [-0.2, 0) is 11.2 Å². The predicted octanol–water partition coefficient (Wildman–Crippen LogP) is 4.12. The number of aromatic amines is 1. The molecular formula is C19H24N2O. The number of amides is 1. The first-order valence-electron chi connectivity index (χ1n) is 8.68. The third kappa shape index (κ3) is 2.23. The smallest absolute Gasteiger partial charge is 0.226 e. The Morgan fingerprint density at radius 2 is 1.91 bits per heavy atom. The number of benzene rings is 1. The van der Waals surface area contributed by atoms with Crippen LogP contribution < -0.4 is 5.73 Å². The zero-order chi connectivity index (χ0) is 15.1. The number of aromatic nitrogens is 1. The van der Waals surface area contributed by atoms with Gasteiger partial charge in [0.05, 0.1) is 5.92 Å². The molecular weight excluding hydrogens is 272 g/mol. The molecule has 2 aliphatic carbocycles. The lowest BCUT2D eigenvalue weighted by molar-refractivity contribution is -0.119. The van der Waals surface area contributed by atoms with E-state index in [-0.39, 0.29) is 11.8 Å². The van der Waals surface area contributed by atoms with Gasteiger partial charge in [0.15, 0.2) is 0 Å². The Labute approximate surface area is 131 Å². The minimum atomic E-state index is -0.194. The number of carbonyl (C=O) groups excluding carboxylic acids is 1. The summed E-state index contributed by atoms with van der Waals surface area (Å²) in [5.74, 6) is 0.397. The van der Waals surface area contributed by atoms with Crippen LogP contribution in [-0.4, -0.2) is 10.9 Å². The largest absolute Gasteiger partial charge is 0.369 e. The molecule has 3 N–H and O–H groups in total. The van der Waals surface area contributed by atoms with Gasteiger partial charge in [-0.1, -0.05) is 25.3 Å². The molecule has 116 valence electrons. The predicted molar refractivity (Wildman–Crippen MR) is 89.0 cm³/mol. The highest BCUT2D eigenvalue weighted by atomic mass is 16.1. The average molecular weight is 296 g/mol. The average Bonchev–Trinajstić information content (AvgIpc) is 2.93. The maximum atomic E-state index is 11.7. The van der Waals surface area contributed by atoms with Gasteiger partial charge >= 0.3 is 0 Å². The van der Waals surface area contributed by atoms with E-state index in [9.17, 15) is 4.79 Å². The van der Waals surface area contributed by atoms with Crippen molar-refractivity contribution in [3.05, 3.63) is 35.0 Å². The molecule has 0 saturated heterocycles. The molecule has 3 nitrogen and oxygen atoms in total. The molecule has 0 unspecified atom stereocenters. The van der Waals surface area contributed by atoms with Crippen molar-refractivity contribution in [1.29, 1.82) is 0 Å². The zero-order valence-electron chi connectivity index (χ0n) is 13.0. The second-order valence-corrected chi connectivity index (χ2v) is 7.00. The van der Waals surface area contributed by atoms with E-state index in [4.69, 9.17) is 5.73 Å². The van der Waals surface area contributed by atoms with Gasteiger partial charge in [-0.25, -0.2) is 0 Å². The van der Waals surface area contributed by atoms with Crippen molar-refractivity contribution in [2.24, 2.45) is 5.73 Å². The second kappa shape index (κ2) is 5.45. The quantitative estimate of drug-likeness (QED) is 0.860. The van der Waals surface area contributed by atoms with Crippen molar-refractivity contribution in [2.45, 2.75) is 63.2 Å². The van der Waals surface area contributed by atoms with Crippen molar-refractivity contribution >= 4 is 16.8 Å². The molecule has 2 aliphatic rings. The number of aryl methyl sites for hydroxylation is 1. The first-order chi connectivity index (χ1) is 10.7. The summed E-state index contributed by atoms with van der Waals surface area (Å²) < 4.78 is 0. The number of H-pyrrole nitrogens is 1. The SMILES string of the molecule is NC(=O)[C@H]1CCCc2c1[nH]c1ccc(C3CCCCC3)cc21. The number of carbonyl (C=O) groups is 1. The van der Waals surface area contributed by atoms with E-state index in [0.717, 1.165) is 36.4 Å². The normalized spacial score (nSPS) is 22.6. The van der Waals surface area contributed by atoms with Gasteiger partial charge in [0.1, 0.15) is 0 Å². The van der Waals surface area contributed by atoms with Crippen molar-refractivity contribution in [3.63, 3.8) is 0 Å². The first kappa shape index (κ1) is 13.9. The fourth-order valence-electron chi connectivity index (χ4n) is 4.45. The molecule has 0 bridgehead atoms. The van der Waals surface area contributed by atoms with E-state index in [0.29, 0.717) is 0 Å². The van der Waals surface area contributed by atoms with Gasteiger partial charge < -0.3 is 10.7 Å². The van der Waals surface area contributed by atoms with Crippen LogP contribution in [0.2, 0.25) is 0 Å². The monoisotopic (exact) mass is 296 g/mol. The van der Waals surface area contributed by atoms with E-state index in [1.807, 2.05) is 0 Å². The van der Waals surface area contributed by atoms with Crippen LogP contribution in [0, 0.1) is 0 Å². The highest BCUT2D eigenvalue weighted by Gasteiger charge is 2.28. The van der Waals surface area contributed by atoms with Crippen molar-refractivity contribution in [3.8, 4) is 0 Å². The standard InChI is InChI=1S/C19H24N2O/c20-19(22)15-8-4-7-14-16-11-13(12-5-2-1-3-6-12)9-10-17(16)21-18(14)15/h9-12,15,21H,1-8H2,(H2,20,22)/t15-/m0/s1. The van der Waals surface area contributed by atoms with Crippen LogP contribution in [0.25, 0.3) is 10.9 Å². The lowest BCUT2D eigenvalue weighted by Gasteiger charge is -2.22. The fraction of sp³-hybridized carbons (Fsp3) is 0.526. The van der Waals surface area contributed by atoms with E-state index < -0.39 is 0 Å². The first-order valence-corrected chi connectivity index (χ1v) is 8.68. The van der Waals surface area contributed by atoms with E-state index in [1.165, 1.54) is 48.6 Å². The van der Waals surface area contributed by atoms with Crippen molar-refractivity contribution in [1.82, 2.24) is 4.98 Å². The Morgan fingerprint density at radius 3 is 2.68 bits per heavy atom. The van der Waals surface area contributed by atoms with Gasteiger partial charge in [-0.3, -0.25) is 4.79 Å². The summed E-state index contributed by atoms with van der Waals surface area (Å²) in [7, 11) is 0. The maximum Gasteiger partial charge on any atom is 0.226 e. The molecule has 1 aromatic heterocycles. The minimum absolute atomic E-state index is 0.130. The summed E-state index contributed by atoms with van der Waals surface area (Å²) in [5.41, 5.74) is 10.7. The Balaban J connectivity index is 1.78. The molecule has 0 radical (unpaired) electrons. The summed E-state index contributed by atoms with van der Waals surface area (Å²) in [6, 6.07) is 6.86. The van der Waals surface area contributed by atoms with Gasteiger partial charge in [-0.2, -0.15) is 0 Å². The van der Waals surface area contributed by atoms with Gasteiger partial charge in [0.25, 0.3) is 0 Å². The molecule has 1 fully saturated rings. The highest BCUT2D eigenvalue weighted by Crippen LogP contribution is 2.39. The van der Waals surface area contributed by atoms with Crippen LogP contribution in [0.15, 0.2) is 18.2 Å². The lowest BCUT2D eigenvalue weighted by atomic mass is 9.82. The summed E-state index contributed by atoms with van der Waals surface area (Å²) in [6.45, 7) is 0. The Hall–Kier alpha value is -1.77. The Kier molecular flexibility index (Phi) is 3.44. The van der Waals surface area contributed by atoms with Crippen molar-refractivity contribution in [2.75, 3.05) is 0 Å². The van der Waals surface area contributed by atoms with Crippen LogP contribution in [0.3, 0.4) is 0 Å². The molecule has 1 heterocycles. The number of hydrogen-bond acceptors (Lipinski definition) is 1. The molecule has 0 spiro atoms. The van der Waals surface area contributed by atoms with Gasteiger partial charge in [-0.15, -0.1) is 0 Å². The summed E-state index contributed by atoms with van der Waals surface area (Å²) in [4.78, 5) is 15.2. The molecule has 4 rings (SSSR count). The molecule has 1 aromatic carbocycles. The van der Waals surface area contributed by atoms with Crippen molar-refractivity contribution < 1.29 is 4.79 Å². The molecule has 22 heavy (non-hydrogen) atoms. The summed E-state index contributed by atoms with van der Waals surface area (Å²) >= 11 is 0. The number of fused-ring (bicyclic) bond motifs is 3. The van der Waals surface area contributed by atoms with E-state index >= 15 is 0 Å². The van der Waals surface area contributed by atoms with Crippen LogP contribution in [0.4, 0.5) is 0 Å². The molecule has 1 saturated carbocycles. The topological polar surface area (TPSA) is 58.9 Å². The van der Waals surface area contributed by atoms with Gasteiger partial charge in [0.2, 0.25) is 5.91 Å². The third-order valence-electron chi connectivity index (χ3n) is 5.65. The molecule has 0 aliphatic heterocycles. The molecule has 2 aromatic rings. The Bertz CT molecular complexity index is 710. The van der Waals surface area contributed by atoms with Crippen LogP contribution in [0.1, 0.15) is 73.6 Å². The van der Waals surface area contributed by atoms with E-state index in [1.54, 1.807) is 0 Å². The number of hydrogen-bond donors (Lipinski definition) is 2. The minimum Gasteiger partial charge on any atom is -0.369 e. The van der Waals surface area contributed by atoms with Crippen LogP contribution in [0.5, 0.6) is 0 Å². The van der Waals surface area contributed by atoms with Crippen LogP contribution >= 0.6 is 0 Å². The molecule has 1 amide bonds. The fourth-order valence-corrected chi connectivity index (χ4v) is 4.45. The molecule has 3 heteroatoms. The lowest BCUT2D eigenvalue weighted by Crippen LogP contribution is -2.24. The number of nitrogens with one attached hydrogen (secondary N) is 1. The third-order valence-corrected chi connectivity index (χ3v) is 5.65. The number of rotatable bonds is 2. The Morgan fingerprint density at radius 1 is 1.09 bits per heavy atom. The highest BCUT2D eigenvalue weighted by molar-refractivity contribution is 5.90. The second-order valence-electron chi connectivity index (χ2n) is 7.00. The molecule has 1 atom stereocenters. The number of nitrogens with two attached hydrogens (primary N) is 1.